The van der Waals surface area contributed by atoms with Gasteiger partial charge in [-0.05, 0) is 19.8 Å². The van der Waals surface area contributed by atoms with E-state index in [1.807, 2.05) is 13.8 Å². The summed E-state index contributed by atoms with van der Waals surface area (Å²) in [6.07, 6.45) is 1.60. The zero-order valence-electron chi connectivity index (χ0n) is 9.92. The van der Waals surface area contributed by atoms with Crippen LogP contribution < -0.4 is 5.32 Å². The molecule has 1 rings (SSSR count). The van der Waals surface area contributed by atoms with Gasteiger partial charge in [0.1, 0.15) is 16.8 Å². The molecule has 0 aliphatic rings. The summed E-state index contributed by atoms with van der Waals surface area (Å²) in [7, 11) is 0. The van der Waals surface area contributed by atoms with Gasteiger partial charge in [0.15, 0.2) is 0 Å². The number of aliphatic hydroxyl groups excluding tert-OH is 1. The molecule has 0 unspecified atom stereocenters. The molecule has 5 heteroatoms. The average Bonchev–Trinajstić information content (AvgIpc) is 2.25. The van der Waals surface area contributed by atoms with Crippen LogP contribution in [0.5, 0.6) is 0 Å². The molecule has 0 spiro atoms. The van der Waals surface area contributed by atoms with Crippen molar-refractivity contribution >= 4 is 17.4 Å². The molecule has 0 bridgehead atoms. The van der Waals surface area contributed by atoms with Gasteiger partial charge in [-0.1, -0.05) is 25.4 Å². The van der Waals surface area contributed by atoms with Crippen molar-refractivity contribution in [3.8, 4) is 0 Å². The lowest BCUT2D eigenvalue weighted by Gasteiger charge is -2.17. The Kier molecular flexibility index (Phi) is 4.96. The van der Waals surface area contributed by atoms with Gasteiger partial charge in [-0.15, -0.1) is 0 Å². The van der Waals surface area contributed by atoms with E-state index in [0.717, 1.165) is 24.2 Å². The van der Waals surface area contributed by atoms with Gasteiger partial charge in [-0.3, -0.25) is 0 Å². The second kappa shape index (κ2) is 6.01. The SMILES string of the molecule is CCc1c(Cl)nc(C)nc1N[C@H](CC)CO. The number of aromatic nitrogens is 2. The van der Waals surface area contributed by atoms with Gasteiger partial charge in [0.25, 0.3) is 0 Å². The second-order valence-electron chi connectivity index (χ2n) is 3.67. The quantitative estimate of drug-likeness (QED) is 0.779. The summed E-state index contributed by atoms with van der Waals surface area (Å²) in [4.78, 5) is 8.44. The minimum absolute atomic E-state index is 0.00988. The van der Waals surface area contributed by atoms with Crippen molar-refractivity contribution in [3.05, 3.63) is 16.5 Å². The van der Waals surface area contributed by atoms with Crippen LogP contribution in [0.1, 0.15) is 31.7 Å². The first-order valence-corrected chi connectivity index (χ1v) is 5.90. The third-order valence-corrected chi connectivity index (χ3v) is 2.79. The zero-order valence-corrected chi connectivity index (χ0v) is 10.7. The van der Waals surface area contributed by atoms with E-state index in [-0.39, 0.29) is 12.6 Å². The lowest BCUT2D eigenvalue weighted by Crippen LogP contribution is -2.24. The lowest BCUT2D eigenvalue weighted by atomic mass is 10.2. The van der Waals surface area contributed by atoms with Crippen molar-refractivity contribution in [2.45, 2.75) is 39.7 Å². The minimum Gasteiger partial charge on any atom is -0.394 e. The Morgan fingerprint density at radius 2 is 2.06 bits per heavy atom. The number of hydrogen-bond acceptors (Lipinski definition) is 4. The van der Waals surface area contributed by atoms with E-state index in [9.17, 15) is 0 Å². The summed E-state index contributed by atoms with van der Waals surface area (Å²) in [6.45, 7) is 5.90. The maximum absolute atomic E-state index is 9.15. The van der Waals surface area contributed by atoms with Gasteiger partial charge < -0.3 is 10.4 Å². The monoisotopic (exact) mass is 243 g/mol. The van der Waals surface area contributed by atoms with Crippen LogP contribution in [0.2, 0.25) is 5.15 Å². The molecule has 0 saturated heterocycles. The summed E-state index contributed by atoms with van der Waals surface area (Å²) in [5.41, 5.74) is 0.902. The van der Waals surface area contributed by atoms with Gasteiger partial charge >= 0.3 is 0 Å². The number of aryl methyl sites for hydroxylation is 1. The van der Waals surface area contributed by atoms with E-state index in [1.54, 1.807) is 6.92 Å². The lowest BCUT2D eigenvalue weighted by molar-refractivity contribution is 0.271. The Hall–Kier alpha value is -0.870. The molecule has 90 valence electrons. The Bertz CT molecular complexity index is 353. The number of anilines is 1. The highest BCUT2D eigenvalue weighted by molar-refractivity contribution is 6.30. The fourth-order valence-electron chi connectivity index (χ4n) is 1.46. The number of halogens is 1. The van der Waals surface area contributed by atoms with Crippen LogP contribution in [0.4, 0.5) is 5.82 Å². The summed E-state index contributed by atoms with van der Waals surface area (Å²) in [5, 5.41) is 12.8. The third-order valence-electron chi connectivity index (χ3n) is 2.48. The van der Waals surface area contributed by atoms with Crippen molar-refractivity contribution < 1.29 is 5.11 Å². The molecule has 0 saturated carbocycles. The highest BCUT2D eigenvalue weighted by Gasteiger charge is 2.13. The first-order chi connectivity index (χ1) is 7.62. The van der Waals surface area contributed by atoms with Crippen LogP contribution in [0, 0.1) is 6.92 Å². The Labute approximate surface area is 101 Å². The normalized spacial score (nSPS) is 12.6. The minimum atomic E-state index is 0.00988. The van der Waals surface area contributed by atoms with Crippen LogP contribution in [0.25, 0.3) is 0 Å². The van der Waals surface area contributed by atoms with Gasteiger partial charge in [0.2, 0.25) is 0 Å². The van der Waals surface area contributed by atoms with Crippen molar-refractivity contribution in [2.24, 2.45) is 0 Å². The van der Waals surface area contributed by atoms with Crippen LogP contribution in [0.15, 0.2) is 0 Å². The van der Waals surface area contributed by atoms with Gasteiger partial charge in [-0.25, -0.2) is 9.97 Å². The summed E-state index contributed by atoms with van der Waals surface area (Å²) < 4.78 is 0. The predicted molar refractivity (Wildman–Crippen MR) is 65.9 cm³/mol. The molecule has 0 amide bonds. The number of hydrogen-bond donors (Lipinski definition) is 2. The molecule has 0 aliphatic carbocycles. The Morgan fingerprint density at radius 3 is 2.56 bits per heavy atom. The average molecular weight is 244 g/mol. The van der Waals surface area contributed by atoms with Gasteiger partial charge in [-0.2, -0.15) is 0 Å². The van der Waals surface area contributed by atoms with Crippen LogP contribution in [0.3, 0.4) is 0 Å². The molecule has 1 heterocycles. The van der Waals surface area contributed by atoms with E-state index in [1.165, 1.54) is 0 Å². The van der Waals surface area contributed by atoms with E-state index in [4.69, 9.17) is 16.7 Å². The molecule has 0 aromatic carbocycles. The first kappa shape index (κ1) is 13.2. The largest absolute Gasteiger partial charge is 0.394 e. The van der Waals surface area contributed by atoms with Crippen molar-refractivity contribution in [2.75, 3.05) is 11.9 Å². The molecular weight excluding hydrogens is 226 g/mol. The Balaban J connectivity index is 3.01. The number of aliphatic hydroxyl groups is 1. The number of nitrogens with one attached hydrogen (secondary N) is 1. The number of nitrogens with zero attached hydrogens (tertiary/aromatic N) is 2. The molecule has 4 nitrogen and oxygen atoms in total. The van der Waals surface area contributed by atoms with Crippen molar-refractivity contribution in [1.82, 2.24) is 9.97 Å². The fraction of sp³-hybridized carbons (Fsp3) is 0.636. The van der Waals surface area contributed by atoms with E-state index in [2.05, 4.69) is 15.3 Å². The molecule has 2 N–H and O–H groups in total. The summed E-state index contributed by atoms with van der Waals surface area (Å²) in [5.74, 6) is 1.37. The molecular formula is C11H18ClN3O. The molecule has 0 radical (unpaired) electrons. The van der Waals surface area contributed by atoms with Crippen LogP contribution in [-0.2, 0) is 6.42 Å². The molecule has 0 aliphatic heterocycles. The summed E-state index contributed by atoms with van der Waals surface area (Å²) in [6, 6.07) is 0.00988. The first-order valence-electron chi connectivity index (χ1n) is 5.52. The van der Waals surface area contributed by atoms with Crippen molar-refractivity contribution in [3.63, 3.8) is 0 Å². The van der Waals surface area contributed by atoms with Crippen molar-refractivity contribution in [1.29, 1.82) is 0 Å². The predicted octanol–water partition coefficient (Wildman–Crippen LogP) is 2.18. The van der Waals surface area contributed by atoms with E-state index in [0.29, 0.717) is 11.0 Å². The molecule has 1 aromatic rings. The zero-order chi connectivity index (χ0) is 12.1. The van der Waals surface area contributed by atoms with Crippen LogP contribution >= 0.6 is 11.6 Å². The van der Waals surface area contributed by atoms with Gasteiger partial charge in [0.05, 0.1) is 12.6 Å². The maximum Gasteiger partial charge on any atom is 0.138 e. The van der Waals surface area contributed by atoms with E-state index < -0.39 is 0 Å². The molecule has 16 heavy (non-hydrogen) atoms. The molecule has 1 aromatic heterocycles. The molecule has 0 fully saturated rings. The highest BCUT2D eigenvalue weighted by Crippen LogP contribution is 2.22. The van der Waals surface area contributed by atoms with E-state index >= 15 is 0 Å². The maximum atomic E-state index is 9.15. The highest BCUT2D eigenvalue weighted by atomic mass is 35.5. The second-order valence-corrected chi connectivity index (χ2v) is 4.03. The topological polar surface area (TPSA) is 58.0 Å². The molecule has 1 atom stereocenters. The third kappa shape index (κ3) is 3.06. The standard InChI is InChI=1S/C11H18ClN3O/c1-4-8(6-16)15-11-9(5-2)10(12)13-7(3)14-11/h8,16H,4-6H2,1-3H3,(H,13,14,15)/t8-/m1/s1. The number of rotatable bonds is 5. The van der Waals surface area contributed by atoms with Crippen LogP contribution in [-0.4, -0.2) is 27.7 Å². The summed E-state index contributed by atoms with van der Waals surface area (Å²) >= 11 is 6.05. The van der Waals surface area contributed by atoms with Gasteiger partial charge in [0, 0.05) is 5.56 Å². The Morgan fingerprint density at radius 1 is 1.38 bits per heavy atom. The smallest absolute Gasteiger partial charge is 0.138 e. The fourth-order valence-corrected chi connectivity index (χ4v) is 1.81.